The van der Waals surface area contributed by atoms with Crippen LogP contribution < -0.4 is 10.6 Å². The number of carbonyl (C=O) groups is 1. The Bertz CT molecular complexity index is 853. The van der Waals surface area contributed by atoms with Crippen LogP contribution in [-0.2, 0) is 11.0 Å². The lowest BCUT2D eigenvalue weighted by molar-refractivity contribution is 0.0786. The largest absolute Gasteiger partial charge is 0.386 e. The Labute approximate surface area is 194 Å². The number of hydrogen-bond acceptors (Lipinski definition) is 3. The van der Waals surface area contributed by atoms with Crippen LogP contribution in [0.5, 0.6) is 0 Å². The second kappa shape index (κ2) is 13.5. The first kappa shape index (κ1) is 29.1. The van der Waals surface area contributed by atoms with Crippen LogP contribution in [0, 0.1) is 0 Å². The zero-order valence-corrected chi connectivity index (χ0v) is 21.3. The van der Waals surface area contributed by atoms with Crippen molar-refractivity contribution in [2.24, 2.45) is 0 Å². The molecule has 0 bridgehead atoms. The molecule has 6 heteroatoms. The number of carbonyl (C=O) groups excluding carboxylic acids is 1. The molecule has 0 aliphatic heterocycles. The summed E-state index contributed by atoms with van der Waals surface area (Å²) in [6.07, 6.45) is 6.68. The van der Waals surface area contributed by atoms with Crippen LogP contribution in [0.25, 0.3) is 5.69 Å². The van der Waals surface area contributed by atoms with E-state index in [-0.39, 0.29) is 11.4 Å². The number of aliphatic hydroxyl groups is 1. The van der Waals surface area contributed by atoms with Crippen LogP contribution in [0.15, 0.2) is 55.1 Å². The highest BCUT2D eigenvalue weighted by Gasteiger charge is 2.24. The topological polar surface area (TPSA) is 79.2 Å². The van der Waals surface area contributed by atoms with Gasteiger partial charge in [0.05, 0.1) is 17.0 Å². The molecule has 1 aromatic carbocycles. The van der Waals surface area contributed by atoms with E-state index in [0.717, 1.165) is 23.4 Å². The Morgan fingerprint density at radius 3 is 2.00 bits per heavy atom. The number of urea groups is 1. The number of allylic oxidation sites excluding steroid dienone is 3. The number of rotatable bonds is 5. The van der Waals surface area contributed by atoms with E-state index in [4.69, 9.17) is 5.10 Å². The first-order chi connectivity index (χ1) is 14.9. The second-order valence-electron chi connectivity index (χ2n) is 8.45. The highest BCUT2D eigenvalue weighted by molar-refractivity contribution is 5.88. The fraction of sp³-hybridized carbons (Fsp3) is 0.462. The monoisotopic (exact) mass is 442 g/mol. The summed E-state index contributed by atoms with van der Waals surface area (Å²) in [4.78, 5) is 11.8. The summed E-state index contributed by atoms with van der Waals surface area (Å²) >= 11 is 0. The Morgan fingerprint density at radius 2 is 1.62 bits per heavy atom. The van der Waals surface area contributed by atoms with Gasteiger partial charge in [-0.15, -0.1) is 6.58 Å². The van der Waals surface area contributed by atoms with Crippen molar-refractivity contribution in [3.63, 3.8) is 0 Å². The molecular weight excluding hydrogens is 400 g/mol. The average molecular weight is 443 g/mol. The maximum atomic E-state index is 11.8. The van der Waals surface area contributed by atoms with E-state index in [1.807, 2.05) is 63.3 Å². The molecule has 1 heterocycles. The predicted molar refractivity (Wildman–Crippen MR) is 137 cm³/mol. The number of hydrogen-bond donors (Lipinski definition) is 3. The van der Waals surface area contributed by atoms with Crippen molar-refractivity contribution in [3.8, 4) is 5.69 Å². The number of nitrogens with one attached hydrogen (secondary N) is 2. The number of amides is 2. The van der Waals surface area contributed by atoms with Crippen molar-refractivity contribution in [1.82, 2.24) is 15.1 Å². The first-order valence-corrected chi connectivity index (χ1v) is 11.0. The number of anilines is 1. The fourth-order valence-electron chi connectivity index (χ4n) is 2.37. The number of nitrogens with zero attached hydrogens (tertiary/aromatic N) is 2. The predicted octanol–water partition coefficient (Wildman–Crippen LogP) is 6.31. The minimum atomic E-state index is -0.902. The van der Waals surface area contributed by atoms with Gasteiger partial charge in [0.15, 0.2) is 0 Å². The third-order valence-corrected chi connectivity index (χ3v) is 4.91. The molecule has 3 N–H and O–H groups in total. The lowest BCUT2D eigenvalue weighted by Gasteiger charge is -2.19. The molecule has 2 rings (SSSR count). The molecule has 0 unspecified atom stereocenters. The first-order valence-electron chi connectivity index (χ1n) is 11.0. The minimum Gasteiger partial charge on any atom is -0.386 e. The summed E-state index contributed by atoms with van der Waals surface area (Å²) in [6.45, 7) is 19.1. The third kappa shape index (κ3) is 9.10. The molecule has 0 saturated heterocycles. The summed E-state index contributed by atoms with van der Waals surface area (Å²) in [5.74, 6) is 0.604. The van der Waals surface area contributed by atoms with E-state index in [2.05, 4.69) is 38.0 Å². The van der Waals surface area contributed by atoms with Gasteiger partial charge in [0.25, 0.3) is 0 Å². The summed E-state index contributed by atoms with van der Waals surface area (Å²) in [6, 6.07) is 9.12. The SMILES string of the molecule is C/C=C\C.C=CC.CCC(C)(C)c1cc(NC(=O)NC)n(-c2ccc(C(C)(C)O)cc2)n1. The van der Waals surface area contributed by atoms with Gasteiger partial charge in [-0.1, -0.05) is 51.1 Å². The van der Waals surface area contributed by atoms with Gasteiger partial charge in [-0.05, 0) is 58.7 Å². The van der Waals surface area contributed by atoms with Crippen molar-refractivity contribution in [3.05, 3.63) is 66.4 Å². The fourth-order valence-corrected chi connectivity index (χ4v) is 2.37. The van der Waals surface area contributed by atoms with Crippen LogP contribution in [0.2, 0.25) is 0 Å². The van der Waals surface area contributed by atoms with Gasteiger partial charge < -0.3 is 10.4 Å². The van der Waals surface area contributed by atoms with E-state index in [9.17, 15) is 9.90 Å². The highest BCUT2D eigenvalue weighted by atomic mass is 16.3. The van der Waals surface area contributed by atoms with Gasteiger partial charge in [-0.2, -0.15) is 5.10 Å². The van der Waals surface area contributed by atoms with Gasteiger partial charge >= 0.3 is 6.03 Å². The minimum absolute atomic E-state index is 0.0998. The smallest absolute Gasteiger partial charge is 0.320 e. The molecule has 0 saturated carbocycles. The summed E-state index contributed by atoms with van der Waals surface area (Å²) in [7, 11) is 1.57. The third-order valence-electron chi connectivity index (χ3n) is 4.91. The molecule has 1 aromatic heterocycles. The Morgan fingerprint density at radius 1 is 1.12 bits per heavy atom. The summed E-state index contributed by atoms with van der Waals surface area (Å²) in [5, 5.41) is 20.2. The van der Waals surface area contributed by atoms with Crippen LogP contribution in [-0.4, -0.2) is 28.0 Å². The molecule has 2 aromatic rings. The number of aromatic nitrogens is 2. The van der Waals surface area contributed by atoms with Crippen LogP contribution in [0.4, 0.5) is 10.6 Å². The lowest BCUT2D eigenvalue weighted by atomic mass is 9.87. The Kier molecular flexibility index (Phi) is 12.3. The molecule has 0 radical (unpaired) electrons. The highest BCUT2D eigenvalue weighted by Crippen LogP contribution is 2.30. The van der Waals surface area contributed by atoms with Crippen molar-refractivity contribution < 1.29 is 9.90 Å². The quantitative estimate of drug-likeness (QED) is 0.475. The molecule has 0 aliphatic carbocycles. The van der Waals surface area contributed by atoms with Gasteiger partial charge in [-0.3, -0.25) is 5.32 Å². The summed E-state index contributed by atoms with van der Waals surface area (Å²) < 4.78 is 1.72. The van der Waals surface area contributed by atoms with E-state index in [0.29, 0.717) is 5.82 Å². The summed E-state index contributed by atoms with van der Waals surface area (Å²) in [5.41, 5.74) is 1.54. The zero-order valence-electron chi connectivity index (χ0n) is 21.3. The van der Waals surface area contributed by atoms with Gasteiger partial charge in [0.2, 0.25) is 0 Å². The standard InChI is InChI=1S/C19H28N4O2.C4H8.C3H6/c1-7-18(2,3)15-12-16(21-17(24)20-6)23(22-15)14-10-8-13(9-11-14)19(4,5)25;1-3-4-2;1-3-2/h8-12,25H,7H2,1-6H3,(H2,20,21,24);3-4H,1-2H3;3H,1H2,2H3/b;4-3-;. The van der Waals surface area contributed by atoms with Gasteiger partial charge in [0, 0.05) is 18.5 Å². The van der Waals surface area contributed by atoms with Crippen molar-refractivity contribution in [1.29, 1.82) is 0 Å². The number of benzene rings is 1. The van der Waals surface area contributed by atoms with Crippen molar-refractivity contribution in [2.75, 3.05) is 12.4 Å². The van der Waals surface area contributed by atoms with E-state index < -0.39 is 5.60 Å². The molecule has 2 amide bonds. The maximum absolute atomic E-state index is 11.8. The molecular formula is C26H42N4O2. The van der Waals surface area contributed by atoms with Crippen molar-refractivity contribution in [2.45, 2.75) is 72.8 Å². The van der Waals surface area contributed by atoms with Crippen molar-refractivity contribution >= 4 is 11.8 Å². The van der Waals surface area contributed by atoms with Crippen LogP contribution in [0.3, 0.4) is 0 Å². The Hall–Kier alpha value is -2.86. The molecule has 0 atom stereocenters. The van der Waals surface area contributed by atoms with E-state index >= 15 is 0 Å². The zero-order chi connectivity index (χ0) is 24.9. The van der Waals surface area contributed by atoms with Crippen LogP contribution in [0.1, 0.15) is 73.1 Å². The normalized spacial score (nSPS) is 11.1. The Balaban J connectivity index is 0.00000121. The van der Waals surface area contributed by atoms with E-state index in [1.54, 1.807) is 31.7 Å². The molecule has 6 nitrogen and oxygen atoms in total. The maximum Gasteiger partial charge on any atom is 0.320 e. The average Bonchev–Trinajstić information content (AvgIpc) is 3.18. The lowest BCUT2D eigenvalue weighted by Crippen LogP contribution is -2.25. The van der Waals surface area contributed by atoms with Gasteiger partial charge in [-0.25, -0.2) is 9.48 Å². The second-order valence-corrected chi connectivity index (χ2v) is 8.45. The molecule has 178 valence electrons. The molecule has 0 fully saturated rings. The molecule has 0 aliphatic rings. The van der Waals surface area contributed by atoms with E-state index in [1.165, 1.54) is 0 Å². The molecule has 32 heavy (non-hydrogen) atoms. The molecule has 0 spiro atoms. The van der Waals surface area contributed by atoms with Gasteiger partial charge in [0.1, 0.15) is 5.82 Å². The van der Waals surface area contributed by atoms with Crippen LogP contribution >= 0.6 is 0 Å².